The van der Waals surface area contributed by atoms with Crippen LogP contribution in [0.3, 0.4) is 0 Å². The second kappa shape index (κ2) is 3.57. The first-order valence-electron chi connectivity index (χ1n) is 4.50. The van der Waals surface area contributed by atoms with Crippen LogP contribution in [0.1, 0.15) is 12.5 Å². The van der Waals surface area contributed by atoms with Gasteiger partial charge in [0.05, 0.1) is 11.3 Å². The summed E-state index contributed by atoms with van der Waals surface area (Å²) in [6.07, 6.45) is 0. The summed E-state index contributed by atoms with van der Waals surface area (Å²) < 4.78 is 5.12. The maximum absolute atomic E-state index is 11.5. The first kappa shape index (κ1) is 9.45. The summed E-state index contributed by atoms with van der Waals surface area (Å²) in [5.41, 5.74) is 1.02. The summed E-state index contributed by atoms with van der Waals surface area (Å²) in [5.74, 6) is 5.12. The minimum absolute atomic E-state index is 0.399. The highest BCUT2D eigenvalue weighted by Crippen LogP contribution is 2.12. The highest BCUT2D eigenvalue weighted by atomic mass is 16.4. The molecule has 0 atom stereocenters. The molecule has 0 bridgehead atoms. The summed E-state index contributed by atoms with van der Waals surface area (Å²) in [6.45, 7) is 1.67. The van der Waals surface area contributed by atoms with Crippen LogP contribution in [0.2, 0.25) is 0 Å². The van der Waals surface area contributed by atoms with E-state index >= 15 is 0 Å². The monoisotopic (exact) mass is 202 g/mol. The Morgan fingerprint density at radius 3 is 2.87 bits per heavy atom. The second-order valence-electron chi connectivity index (χ2n) is 3.20. The average Bonchev–Trinajstić information content (AvgIpc) is 2.27. The standard InChI is InChI=1S/C11H10N2O2/c1-7(13-12)9-6-8-4-2-3-5-10(8)15-11(9)14/h2-6H,12H2,1H3. The normalized spacial score (nSPS) is 11.9. The molecule has 1 aromatic carbocycles. The van der Waals surface area contributed by atoms with E-state index in [0.717, 1.165) is 5.39 Å². The van der Waals surface area contributed by atoms with Gasteiger partial charge in [-0.3, -0.25) is 0 Å². The van der Waals surface area contributed by atoms with Gasteiger partial charge in [0.15, 0.2) is 0 Å². The van der Waals surface area contributed by atoms with Crippen molar-refractivity contribution < 1.29 is 4.42 Å². The molecule has 0 saturated heterocycles. The zero-order chi connectivity index (χ0) is 10.8. The molecule has 4 nitrogen and oxygen atoms in total. The lowest BCUT2D eigenvalue weighted by Crippen LogP contribution is -2.13. The molecule has 0 unspecified atom stereocenters. The number of fused-ring (bicyclic) bond motifs is 1. The lowest BCUT2D eigenvalue weighted by molar-refractivity contribution is 0.559. The van der Waals surface area contributed by atoms with Crippen molar-refractivity contribution in [3.05, 3.63) is 46.3 Å². The van der Waals surface area contributed by atoms with E-state index in [2.05, 4.69) is 5.10 Å². The molecule has 2 N–H and O–H groups in total. The Balaban J connectivity index is 2.78. The van der Waals surface area contributed by atoms with Gasteiger partial charge in [-0.25, -0.2) is 4.79 Å². The van der Waals surface area contributed by atoms with Crippen molar-refractivity contribution in [1.29, 1.82) is 0 Å². The Hall–Kier alpha value is -2.10. The van der Waals surface area contributed by atoms with Crippen molar-refractivity contribution >= 4 is 16.7 Å². The van der Waals surface area contributed by atoms with E-state index in [0.29, 0.717) is 16.9 Å². The van der Waals surface area contributed by atoms with Crippen LogP contribution >= 0.6 is 0 Å². The van der Waals surface area contributed by atoms with E-state index in [1.165, 1.54) is 0 Å². The SMILES string of the molecule is CC(=NN)c1cc2ccccc2oc1=O. The Labute approximate surface area is 86.0 Å². The Bertz CT molecular complexity index is 584. The molecule has 0 aliphatic heterocycles. The predicted molar refractivity (Wildman–Crippen MR) is 58.9 cm³/mol. The molecule has 0 fully saturated rings. The number of nitrogens with zero attached hydrogens (tertiary/aromatic N) is 1. The van der Waals surface area contributed by atoms with Gasteiger partial charge in [-0.15, -0.1) is 0 Å². The topological polar surface area (TPSA) is 68.6 Å². The minimum Gasteiger partial charge on any atom is -0.422 e. The number of rotatable bonds is 1. The van der Waals surface area contributed by atoms with E-state index in [1.807, 2.05) is 18.2 Å². The molecular formula is C11H10N2O2. The Morgan fingerprint density at radius 1 is 1.40 bits per heavy atom. The zero-order valence-corrected chi connectivity index (χ0v) is 8.23. The van der Waals surface area contributed by atoms with E-state index in [9.17, 15) is 4.79 Å². The zero-order valence-electron chi connectivity index (χ0n) is 8.23. The van der Waals surface area contributed by atoms with Gasteiger partial charge in [0.2, 0.25) is 0 Å². The Kier molecular flexibility index (Phi) is 2.25. The summed E-state index contributed by atoms with van der Waals surface area (Å²) >= 11 is 0. The van der Waals surface area contributed by atoms with Crippen LogP contribution in [0, 0.1) is 0 Å². The average molecular weight is 202 g/mol. The third-order valence-corrected chi connectivity index (χ3v) is 2.22. The summed E-state index contributed by atoms with van der Waals surface area (Å²) in [5, 5.41) is 4.34. The van der Waals surface area contributed by atoms with Gasteiger partial charge in [-0.05, 0) is 19.1 Å². The Morgan fingerprint density at radius 2 is 2.13 bits per heavy atom. The molecule has 76 valence electrons. The quantitative estimate of drug-likeness (QED) is 0.329. The fourth-order valence-corrected chi connectivity index (χ4v) is 1.38. The van der Waals surface area contributed by atoms with Crippen LogP contribution in [0.4, 0.5) is 0 Å². The fourth-order valence-electron chi connectivity index (χ4n) is 1.38. The van der Waals surface area contributed by atoms with Crippen LogP contribution in [0.25, 0.3) is 11.0 Å². The van der Waals surface area contributed by atoms with Crippen molar-refractivity contribution in [2.75, 3.05) is 0 Å². The number of nitrogens with two attached hydrogens (primary N) is 1. The number of hydrogen-bond donors (Lipinski definition) is 1. The largest absolute Gasteiger partial charge is 0.422 e. The van der Waals surface area contributed by atoms with Gasteiger partial charge >= 0.3 is 5.63 Å². The molecule has 1 aromatic heterocycles. The highest BCUT2D eigenvalue weighted by molar-refractivity contribution is 6.00. The fraction of sp³-hybridized carbons (Fsp3) is 0.0909. The molecule has 0 radical (unpaired) electrons. The second-order valence-corrected chi connectivity index (χ2v) is 3.20. The number of benzene rings is 1. The number of hydrazone groups is 1. The van der Waals surface area contributed by atoms with Crippen LogP contribution in [0.5, 0.6) is 0 Å². The van der Waals surface area contributed by atoms with E-state index < -0.39 is 5.63 Å². The lowest BCUT2D eigenvalue weighted by Gasteiger charge is -1.99. The lowest BCUT2D eigenvalue weighted by atomic mass is 10.1. The number of para-hydroxylation sites is 1. The smallest absolute Gasteiger partial charge is 0.345 e. The molecule has 0 saturated carbocycles. The third-order valence-electron chi connectivity index (χ3n) is 2.22. The summed E-state index contributed by atoms with van der Waals surface area (Å²) in [4.78, 5) is 11.5. The molecule has 2 aromatic rings. The van der Waals surface area contributed by atoms with Crippen molar-refractivity contribution in [1.82, 2.24) is 0 Å². The number of hydrogen-bond acceptors (Lipinski definition) is 4. The van der Waals surface area contributed by atoms with Gasteiger partial charge in [0.25, 0.3) is 0 Å². The van der Waals surface area contributed by atoms with Crippen molar-refractivity contribution in [3.63, 3.8) is 0 Å². The van der Waals surface area contributed by atoms with Crippen LogP contribution in [0.15, 0.2) is 44.6 Å². The first-order valence-corrected chi connectivity index (χ1v) is 4.50. The van der Waals surface area contributed by atoms with Crippen molar-refractivity contribution in [3.8, 4) is 0 Å². The molecule has 1 heterocycles. The predicted octanol–water partition coefficient (Wildman–Crippen LogP) is 1.48. The van der Waals surface area contributed by atoms with Gasteiger partial charge in [0, 0.05) is 5.39 Å². The maximum Gasteiger partial charge on any atom is 0.345 e. The van der Waals surface area contributed by atoms with Gasteiger partial charge in [-0.1, -0.05) is 18.2 Å². The molecule has 4 heteroatoms. The molecule has 2 rings (SSSR count). The van der Waals surface area contributed by atoms with Gasteiger partial charge < -0.3 is 10.3 Å². The maximum atomic E-state index is 11.5. The van der Waals surface area contributed by atoms with Crippen LogP contribution in [-0.4, -0.2) is 5.71 Å². The molecule has 0 amide bonds. The minimum atomic E-state index is -0.416. The van der Waals surface area contributed by atoms with Crippen LogP contribution < -0.4 is 11.5 Å². The molecule has 0 aliphatic rings. The van der Waals surface area contributed by atoms with E-state index in [1.54, 1.807) is 19.1 Å². The first-order chi connectivity index (χ1) is 7.22. The van der Waals surface area contributed by atoms with E-state index in [-0.39, 0.29) is 0 Å². The molecular weight excluding hydrogens is 192 g/mol. The molecule has 0 spiro atoms. The van der Waals surface area contributed by atoms with Crippen molar-refractivity contribution in [2.45, 2.75) is 6.92 Å². The van der Waals surface area contributed by atoms with Crippen molar-refractivity contribution in [2.24, 2.45) is 10.9 Å². The van der Waals surface area contributed by atoms with Gasteiger partial charge in [0.1, 0.15) is 5.58 Å². The van der Waals surface area contributed by atoms with Gasteiger partial charge in [-0.2, -0.15) is 5.10 Å². The summed E-state index contributed by atoms with van der Waals surface area (Å²) in [7, 11) is 0. The third kappa shape index (κ3) is 1.61. The summed E-state index contributed by atoms with van der Waals surface area (Å²) in [6, 6.07) is 9.03. The molecule has 0 aliphatic carbocycles. The van der Waals surface area contributed by atoms with E-state index in [4.69, 9.17) is 10.3 Å². The highest BCUT2D eigenvalue weighted by Gasteiger charge is 2.07. The van der Waals surface area contributed by atoms with Crippen LogP contribution in [-0.2, 0) is 0 Å². The molecule has 15 heavy (non-hydrogen) atoms.